The largest absolute Gasteiger partial charge is 0.456 e. The van der Waals surface area contributed by atoms with E-state index in [-0.39, 0.29) is 31.2 Å². The van der Waals surface area contributed by atoms with Crippen molar-refractivity contribution in [1.29, 1.82) is 0 Å². The zero-order valence-electron chi connectivity index (χ0n) is 19.8. The van der Waals surface area contributed by atoms with Gasteiger partial charge in [-0.05, 0) is 30.7 Å². The van der Waals surface area contributed by atoms with Crippen molar-refractivity contribution >= 4 is 58.6 Å². The van der Waals surface area contributed by atoms with E-state index in [1.165, 1.54) is 23.1 Å². The molecule has 36 heavy (non-hydrogen) atoms. The predicted octanol–water partition coefficient (Wildman–Crippen LogP) is 2.93. The highest BCUT2D eigenvalue weighted by Crippen LogP contribution is 2.32. The molecule has 2 amide bonds. The first-order valence-electron chi connectivity index (χ1n) is 11.6. The second-order valence-electron chi connectivity index (χ2n) is 8.72. The first-order chi connectivity index (χ1) is 17.4. The number of aromatic nitrogens is 1. The van der Waals surface area contributed by atoms with Crippen LogP contribution < -0.4 is 10.6 Å². The fourth-order valence-corrected chi connectivity index (χ4v) is 5.80. The van der Waals surface area contributed by atoms with Crippen LogP contribution in [0.1, 0.15) is 36.0 Å². The van der Waals surface area contributed by atoms with Crippen LogP contribution >= 0.6 is 35.7 Å². The smallest absolute Gasteiger partial charge is 0.329 e. The highest BCUT2D eigenvalue weighted by molar-refractivity contribution is 8.14. The summed E-state index contributed by atoms with van der Waals surface area (Å²) >= 11 is 7.08. The SMILES string of the molecule is C[C@@]12CSC(=N1)c1csc(n1)CNC(=O)C[C@@H](/C=C/CCS)OC(=O)[C@H](Cc1ccccc1)NC2=O. The quantitative estimate of drug-likeness (QED) is 0.303. The summed E-state index contributed by atoms with van der Waals surface area (Å²) < 4.78 is 5.76. The number of carbonyl (C=O) groups excluding carboxylic acids is 3. The minimum absolute atomic E-state index is 0.0423. The Morgan fingerprint density at radius 2 is 2.06 bits per heavy atom. The van der Waals surface area contributed by atoms with E-state index in [0.29, 0.717) is 28.7 Å². The van der Waals surface area contributed by atoms with Crippen LogP contribution in [0.4, 0.5) is 0 Å². The second-order valence-corrected chi connectivity index (χ2v) is 11.1. The monoisotopic (exact) mass is 544 g/mol. The first-order valence-corrected chi connectivity index (χ1v) is 14.1. The Balaban J connectivity index is 1.65. The minimum atomic E-state index is -1.05. The van der Waals surface area contributed by atoms with Crippen LogP contribution in [0.3, 0.4) is 0 Å². The fourth-order valence-electron chi connectivity index (χ4n) is 3.72. The van der Waals surface area contributed by atoms with Crippen LogP contribution in [-0.4, -0.2) is 57.0 Å². The number of cyclic esters (lactones) is 1. The Bertz CT molecular complexity index is 1170. The maximum absolute atomic E-state index is 13.4. The third kappa shape index (κ3) is 6.77. The number of rotatable bonds is 5. The molecule has 0 saturated heterocycles. The Morgan fingerprint density at radius 1 is 1.25 bits per heavy atom. The van der Waals surface area contributed by atoms with Crippen molar-refractivity contribution in [2.24, 2.45) is 4.99 Å². The standard InChI is InChI=1S/C25H28N4O4S3/c1-25-15-36-22(29-25)19-14-35-21(27-19)13-26-20(30)12-17(9-5-6-10-34)33-23(31)18(28-24(25)32)11-16-7-3-2-4-8-16/h2-5,7-9,14,17-18,34H,6,10-13,15H2,1H3,(H,26,30)(H,28,32)/b9-5+/t17-,18+,25+/m1/s1. The van der Waals surface area contributed by atoms with Gasteiger partial charge in [0.25, 0.3) is 0 Å². The van der Waals surface area contributed by atoms with E-state index in [1.807, 2.05) is 41.8 Å². The number of nitrogens with one attached hydrogen (secondary N) is 2. The fraction of sp³-hybridized carbons (Fsp3) is 0.400. The zero-order valence-corrected chi connectivity index (χ0v) is 22.3. The van der Waals surface area contributed by atoms with Crippen molar-refractivity contribution in [1.82, 2.24) is 15.6 Å². The summed E-state index contributed by atoms with van der Waals surface area (Å²) in [6.45, 7) is 2.02. The summed E-state index contributed by atoms with van der Waals surface area (Å²) in [7, 11) is 0. The number of allylic oxidation sites excluding steroid dienone is 1. The molecule has 4 bridgehead atoms. The van der Waals surface area contributed by atoms with E-state index in [4.69, 9.17) is 4.74 Å². The van der Waals surface area contributed by atoms with Crippen molar-refractivity contribution in [3.05, 3.63) is 64.1 Å². The van der Waals surface area contributed by atoms with Gasteiger partial charge in [-0.1, -0.05) is 36.4 Å². The van der Waals surface area contributed by atoms with Gasteiger partial charge in [-0.25, -0.2) is 9.78 Å². The molecule has 2 aromatic rings. The molecule has 2 N–H and O–H groups in total. The average molecular weight is 545 g/mol. The van der Waals surface area contributed by atoms with Crippen LogP contribution in [-0.2, 0) is 32.1 Å². The number of nitrogens with zero attached hydrogens (tertiary/aromatic N) is 2. The molecule has 0 fully saturated rings. The molecule has 2 aliphatic rings. The highest BCUT2D eigenvalue weighted by atomic mass is 32.2. The topological polar surface area (TPSA) is 110 Å². The maximum Gasteiger partial charge on any atom is 0.329 e. The average Bonchev–Trinajstić information content (AvgIpc) is 3.50. The van der Waals surface area contributed by atoms with E-state index < -0.39 is 23.7 Å². The molecule has 0 unspecified atom stereocenters. The number of hydrogen-bond donors (Lipinski definition) is 3. The number of benzene rings is 1. The summed E-state index contributed by atoms with van der Waals surface area (Å²) in [5, 5.41) is 9.01. The Hall–Kier alpha value is -2.63. The van der Waals surface area contributed by atoms with Gasteiger partial charge in [0.1, 0.15) is 33.4 Å². The summed E-state index contributed by atoms with van der Waals surface area (Å²) in [5.41, 5.74) is 0.515. The number of carbonyl (C=O) groups is 3. The lowest BCUT2D eigenvalue weighted by Crippen LogP contribution is -2.52. The van der Waals surface area contributed by atoms with Gasteiger partial charge >= 0.3 is 5.97 Å². The molecule has 4 rings (SSSR count). The third-order valence-corrected chi connectivity index (χ3v) is 8.10. The number of thiazole rings is 1. The normalized spacial score (nSPS) is 25.3. The Kier molecular flexibility index (Phi) is 8.86. The Labute approximate surface area is 223 Å². The molecular weight excluding hydrogens is 517 g/mol. The molecule has 1 aromatic carbocycles. The van der Waals surface area contributed by atoms with Crippen LogP contribution in [0.5, 0.6) is 0 Å². The molecule has 2 aliphatic heterocycles. The van der Waals surface area contributed by atoms with E-state index in [9.17, 15) is 14.4 Å². The molecule has 0 spiro atoms. The number of fused-ring (bicyclic) bond motifs is 4. The van der Waals surface area contributed by atoms with Crippen LogP contribution in [0, 0.1) is 0 Å². The lowest BCUT2D eigenvalue weighted by molar-refractivity contribution is -0.152. The number of aliphatic imine (C=N–C) groups is 1. The zero-order chi connectivity index (χ0) is 25.5. The van der Waals surface area contributed by atoms with Gasteiger partial charge in [-0.15, -0.1) is 23.1 Å². The summed E-state index contributed by atoms with van der Waals surface area (Å²) in [4.78, 5) is 48.7. The molecule has 1 aromatic heterocycles. The molecule has 3 atom stereocenters. The van der Waals surface area contributed by atoms with Crippen LogP contribution in [0.25, 0.3) is 0 Å². The van der Waals surface area contributed by atoms with Crippen molar-refractivity contribution < 1.29 is 19.1 Å². The van der Waals surface area contributed by atoms with E-state index in [0.717, 1.165) is 10.6 Å². The van der Waals surface area contributed by atoms with Gasteiger partial charge in [0.15, 0.2) is 0 Å². The molecule has 8 nitrogen and oxygen atoms in total. The van der Waals surface area contributed by atoms with Crippen molar-refractivity contribution in [2.75, 3.05) is 11.5 Å². The number of esters is 1. The summed E-state index contributed by atoms with van der Waals surface area (Å²) in [6.07, 6.45) is 3.63. The number of ether oxygens (including phenoxy) is 1. The minimum Gasteiger partial charge on any atom is -0.456 e. The van der Waals surface area contributed by atoms with Crippen molar-refractivity contribution in [3.63, 3.8) is 0 Å². The summed E-state index contributed by atoms with van der Waals surface area (Å²) in [6, 6.07) is 8.47. The highest BCUT2D eigenvalue weighted by Gasteiger charge is 2.41. The molecule has 11 heteroatoms. The van der Waals surface area contributed by atoms with Crippen molar-refractivity contribution in [3.8, 4) is 0 Å². The lowest BCUT2D eigenvalue weighted by Gasteiger charge is -2.25. The van der Waals surface area contributed by atoms with E-state index >= 15 is 0 Å². The van der Waals surface area contributed by atoms with E-state index in [1.54, 1.807) is 13.0 Å². The van der Waals surface area contributed by atoms with Crippen LogP contribution in [0.15, 0.2) is 52.9 Å². The molecule has 190 valence electrons. The third-order valence-electron chi connectivity index (χ3n) is 5.71. The lowest BCUT2D eigenvalue weighted by atomic mass is 10.0. The molecule has 0 radical (unpaired) electrons. The first kappa shape index (κ1) is 26.4. The number of thiol groups is 1. The molecular formula is C25H28N4O4S3. The molecule has 0 aliphatic carbocycles. The maximum atomic E-state index is 13.4. The van der Waals surface area contributed by atoms with Gasteiger partial charge in [0.05, 0.1) is 13.0 Å². The van der Waals surface area contributed by atoms with Gasteiger partial charge in [0, 0.05) is 17.6 Å². The van der Waals surface area contributed by atoms with Gasteiger partial charge in [0.2, 0.25) is 11.8 Å². The Morgan fingerprint density at radius 3 is 2.83 bits per heavy atom. The second kappa shape index (κ2) is 12.1. The van der Waals surface area contributed by atoms with Crippen molar-refractivity contribution in [2.45, 2.75) is 50.4 Å². The van der Waals surface area contributed by atoms with Crippen LogP contribution in [0.2, 0.25) is 0 Å². The molecule has 0 saturated carbocycles. The number of amides is 2. The number of thioether (sulfide) groups is 1. The van der Waals surface area contributed by atoms with E-state index in [2.05, 4.69) is 33.2 Å². The molecule has 3 heterocycles. The van der Waals surface area contributed by atoms with Gasteiger partial charge in [-0.2, -0.15) is 12.6 Å². The number of hydrogen-bond acceptors (Lipinski definition) is 9. The summed E-state index contributed by atoms with van der Waals surface area (Å²) in [5.74, 6) is -0.170. The van der Waals surface area contributed by atoms with Gasteiger partial charge in [-0.3, -0.25) is 14.6 Å². The van der Waals surface area contributed by atoms with Gasteiger partial charge < -0.3 is 15.4 Å². The predicted molar refractivity (Wildman–Crippen MR) is 146 cm³/mol.